The number of aliphatic hydroxyl groups is 1. The van der Waals surface area contributed by atoms with E-state index in [4.69, 9.17) is 16.3 Å². The first-order valence-electron chi connectivity index (χ1n) is 13.0. The number of pyridine rings is 2. The number of hydrogen-bond donors (Lipinski definition) is 1. The molecule has 0 radical (unpaired) electrons. The van der Waals surface area contributed by atoms with Gasteiger partial charge in [-0.3, -0.25) is 14.8 Å². The lowest BCUT2D eigenvalue weighted by Gasteiger charge is -2.39. The van der Waals surface area contributed by atoms with Crippen molar-refractivity contribution in [3.63, 3.8) is 0 Å². The Bertz CT molecular complexity index is 1620. The third-order valence-electron chi connectivity index (χ3n) is 8.08. The Hall–Kier alpha value is -3.74. The molecule has 7 heteroatoms. The number of benzene rings is 2. The number of ether oxygens (including phenoxy) is 1. The molecule has 1 unspecified atom stereocenters. The summed E-state index contributed by atoms with van der Waals surface area (Å²) < 4.78 is 6.35. The number of carbonyl (C=O) groups excluding carboxylic acids is 1. The van der Waals surface area contributed by atoms with Crippen LogP contribution >= 0.6 is 11.6 Å². The molecule has 1 N–H and O–H groups in total. The topological polar surface area (TPSA) is 75.5 Å². The van der Waals surface area contributed by atoms with Crippen LogP contribution in [0.3, 0.4) is 0 Å². The average Bonchev–Trinajstić information content (AvgIpc) is 3.59. The number of rotatable bonds is 3. The highest BCUT2D eigenvalue weighted by atomic mass is 35.5. The van der Waals surface area contributed by atoms with E-state index in [1.54, 1.807) is 6.20 Å². The summed E-state index contributed by atoms with van der Waals surface area (Å²) in [5, 5.41) is 13.2. The molecule has 7 rings (SSSR count). The SMILES string of the molecule is O=C(C1Cc2cc(Cl)cc(-c3ccnc4c3C=CC4)c2O1)N1CCC(O)(c2cccc3ncccc23)CC1. The van der Waals surface area contributed by atoms with Gasteiger partial charge in [-0.2, -0.15) is 0 Å². The largest absolute Gasteiger partial charge is 0.479 e. The zero-order chi connectivity index (χ0) is 25.9. The number of aromatic nitrogens is 2. The summed E-state index contributed by atoms with van der Waals surface area (Å²) >= 11 is 6.52. The fourth-order valence-corrected chi connectivity index (χ4v) is 6.37. The molecule has 2 aromatic carbocycles. The Morgan fingerprint density at radius 1 is 1.05 bits per heavy atom. The van der Waals surface area contributed by atoms with Crippen LogP contribution in [-0.2, 0) is 23.2 Å². The van der Waals surface area contributed by atoms with Gasteiger partial charge >= 0.3 is 0 Å². The molecular weight excluding hydrogens is 498 g/mol. The lowest BCUT2D eigenvalue weighted by Crippen LogP contribution is -2.49. The monoisotopic (exact) mass is 523 g/mol. The molecule has 3 aliphatic rings. The highest BCUT2D eigenvalue weighted by Crippen LogP contribution is 2.44. The van der Waals surface area contributed by atoms with Gasteiger partial charge in [0.2, 0.25) is 0 Å². The van der Waals surface area contributed by atoms with E-state index in [1.807, 2.05) is 59.6 Å². The first-order valence-corrected chi connectivity index (χ1v) is 13.4. The van der Waals surface area contributed by atoms with E-state index < -0.39 is 11.7 Å². The number of hydrogen-bond acceptors (Lipinski definition) is 5. The number of carbonyl (C=O) groups is 1. The highest BCUT2D eigenvalue weighted by Gasteiger charge is 2.40. The Morgan fingerprint density at radius 2 is 1.92 bits per heavy atom. The molecule has 2 aliphatic heterocycles. The Balaban J connectivity index is 1.11. The Morgan fingerprint density at radius 3 is 2.79 bits per heavy atom. The predicted octanol–water partition coefficient (Wildman–Crippen LogP) is 5.33. The summed E-state index contributed by atoms with van der Waals surface area (Å²) in [6.45, 7) is 0.914. The van der Waals surface area contributed by atoms with E-state index in [1.165, 1.54) is 0 Å². The molecule has 0 saturated carbocycles. The molecule has 38 heavy (non-hydrogen) atoms. The van der Waals surface area contributed by atoms with E-state index in [0.29, 0.717) is 37.4 Å². The smallest absolute Gasteiger partial charge is 0.263 e. The second-order valence-corrected chi connectivity index (χ2v) is 10.7. The van der Waals surface area contributed by atoms with E-state index >= 15 is 0 Å². The summed E-state index contributed by atoms with van der Waals surface area (Å²) in [6.07, 6.45) is 9.35. The third kappa shape index (κ3) is 3.79. The van der Waals surface area contributed by atoms with Crippen LogP contribution in [-0.4, -0.2) is 45.1 Å². The standard InChI is InChI=1S/C31H26ClN3O3/c32-20-16-19-17-28(38-29(19)24(18-20)21-9-13-34-26-7-1-4-22(21)26)30(36)35-14-10-31(37,11-15-35)25-6-2-8-27-23(25)5-3-12-33-27/h1-6,8-9,12-13,16,18,28,37H,7,10-11,14-15,17H2. The van der Waals surface area contributed by atoms with Gasteiger partial charge in [-0.05, 0) is 54.3 Å². The number of piperidine rings is 1. The quantitative estimate of drug-likeness (QED) is 0.392. The highest BCUT2D eigenvalue weighted by molar-refractivity contribution is 6.31. The molecule has 1 amide bonds. The molecular formula is C31H26ClN3O3. The van der Waals surface area contributed by atoms with Crippen molar-refractivity contribution in [2.45, 2.75) is 37.4 Å². The number of likely N-dealkylation sites (tertiary alicyclic amines) is 1. The Labute approximate surface area is 225 Å². The summed E-state index contributed by atoms with van der Waals surface area (Å²) in [4.78, 5) is 24.3. The maximum atomic E-state index is 13.6. The minimum atomic E-state index is -1.01. The fraction of sp³-hybridized carbons (Fsp3) is 0.258. The van der Waals surface area contributed by atoms with Gasteiger partial charge < -0.3 is 14.7 Å². The average molecular weight is 524 g/mol. The molecule has 4 aromatic rings. The summed E-state index contributed by atoms with van der Waals surface area (Å²) in [5.74, 6) is 0.669. The minimum Gasteiger partial charge on any atom is -0.479 e. The molecule has 0 bridgehead atoms. The normalized spacial score (nSPS) is 19.3. The Kier molecular flexibility index (Phi) is 5.49. The van der Waals surface area contributed by atoms with Crippen molar-refractivity contribution >= 4 is 34.5 Å². The molecule has 4 heterocycles. The van der Waals surface area contributed by atoms with Crippen LogP contribution in [0.4, 0.5) is 0 Å². The van der Waals surface area contributed by atoms with Gasteiger partial charge in [0.25, 0.3) is 5.91 Å². The second-order valence-electron chi connectivity index (χ2n) is 10.3. The number of nitrogens with zero attached hydrogens (tertiary/aromatic N) is 3. The molecule has 1 saturated heterocycles. The lowest BCUT2D eigenvalue weighted by molar-refractivity contribution is -0.142. The van der Waals surface area contributed by atoms with Crippen LogP contribution in [0.5, 0.6) is 5.75 Å². The molecule has 1 atom stereocenters. The molecule has 6 nitrogen and oxygen atoms in total. The molecule has 1 aliphatic carbocycles. The van der Waals surface area contributed by atoms with Crippen LogP contribution < -0.4 is 4.74 Å². The van der Waals surface area contributed by atoms with Gasteiger partial charge in [-0.25, -0.2) is 0 Å². The molecule has 2 aromatic heterocycles. The van der Waals surface area contributed by atoms with Gasteiger partial charge in [0, 0.05) is 65.4 Å². The van der Waals surface area contributed by atoms with Gasteiger partial charge in [0.1, 0.15) is 5.75 Å². The predicted molar refractivity (Wildman–Crippen MR) is 147 cm³/mol. The second kappa shape index (κ2) is 8.93. The van der Waals surface area contributed by atoms with Crippen LogP contribution in [0.1, 0.15) is 35.2 Å². The molecule has 0 spiro atoms. The van der Waals surface area contributed by atoms with E-state index in [-0.39, 0.29) is 5.91 Å². The van der Waals surface area contributed by atoms with Crippen molar-refractivity contribution in [1.29, 1.82) is 0 Å². The lowest BCUT2D eigenvalue weighted by atomic mass is 9.82. The maximum Gasteiger partial charge on any atom is 0.263 e. The number of amides is 1. The van der Waals surface area contributed by atoms with Crippen molar-refractivity contribution in [2.75, 3.05) is 13.1 Å². The van der Waals surface area contributed by atoms with Crippen molar-refractivity contribution in [2.24, 2.45) is 0 Å². The number of halogens is 1. The van der Waals surface area contributed by atoms with Crippen molar-refractivity contribution in [1.82, 2.24) is 14.9 Å². The third-order valence-corrected chi connectivity index (χ3v) is 8.30. The van der Waals surface area contributed by atoms with E-state index in [2.05, 4.69) is 22.1 Å². The fourth-order valence-electron chi connectivity index (χ4n) is 6.13. The maximum absolute atomic E-state index is 13.6. The minimum absolute atomic E-state index is 0.0511. The number of allylic oxidation sites excluding steroid dienone is 1. The number of fused-ring (bicyclic) bond motifs is 3. The van der Waals surface area contributed by atoms with Gasteiger partial charge in [0.05, 0.1) is 16.8 Å². The van der Waals surface area contributed by atoms with Crippen molar-refractivity contribution in [3.05, 3.63) is 94.4 Å². The summed E-state index contributed by atoms with van der Waals surface area (Å²) in [7, 11) is 0. The van der Waals surface area contributed by atoms with Crippen LogP contribution in [0.15, 0.2) is 67.0 Å². The van der Waals surface area contributed by atoms with E-state index in [0.717, 1.165) is 56.6 Å². The van der Waals surface area contributed by atoms with Crippen LogP contribution in [0, 0.1) is 0 Å². The van der Waals surface area contributed by atoms with Crippen molar-refractivity contribution in [3.8, 4) is 16.9 Å². The van der Waals surface area contributed by atoms with E-state index in [9.17, 15) is 9.90 Å². The zero-order valence-corrected chi connectivity index (χ0v) is 21.5. The first-order chi connectivity index (χ1) is 18.5. The van der Waals surface area contributed by atoms with Gasteiger partial charge in [-0.15, -0.1) is 0 Å². The summed E-state index contributed by atoms with van der Waals surface area (Å²) in [6, 6.07) is 15.5. The molecule has 1 fully saturated rings. The van der Waals surface area contributed by atoms with Gasteiger partial charge in [0.15, 0.2) is 6.10 Å². The zero-order valence-electron chi connectivity index (χ0n) is 20.7. The van der Waals surface area contributed by atoms with Crippen LogP contribution in [0.25, 0.3) is 28.1 Å². The van der Waals surface area contributed by atoms with Crippen molar-refractivity contribution < 1.29 is 14.6 Å². The van der Waals surface area contributed by atoms with Crippen LogP contribution in [0.2, 0.25) is 5.02 Å². The first kappa shape index (κ1) is 23.4. The van der Waals surface area contributed by atoms with Gasteiger partial charge in [-0.1, -0.05) is 42.0 Å². The summed E-state index contributed by atoms with van der Waals surface area (Å²) in [5.41, 5.74) is 5.69. The molecule has 190 valence electrons.